The van der Waals surface area contributed by atoms with Crippen LogP contribution in [0.5, 0.6) is 0 Å². The van der Waals surface area contributed by atoms with E-state index in [0.29, 0.717) is 6.54 Å². The van der Waals surface area contributed by atoms with Crippen molar-refractivity contribution in [2.24, 2.45) is 0 Å². The van der Waals surface area contributed by atoms with Crippen LogP contribution >= 0.6 is 0 Å². The van der Waals surface area contributed by atoms with Gasteiger partial charge >= 0.3 is 0 Å². The van der Waals surface area contributed by atoms with Crippen LogP contribution in [0.3, 0.4) is 0 Å². The molecule has 82 valence electrons. The van der Waals surface area contributed by atoms with Gasteiger partial charge in [0.15, 0.2) is 0 Å². The summed E-state index contributed by atoms with van der Waals surface area (Å²) in [7, 11) is 1.76. The molecule has 1 atom stereocenters. The van der Waals surface area contributed by atoms with Crippen molar-refractivity contribution in [3.8, 4) is 0 Å². The number of hydrogen-bond donors (Lipinski definition) is 1. The smallest absolute Gasteiger partial charge is 0.268 e. The van der Waals surface area contributed by atoms with Gasteiger partial charge in [-0.15, -0.1) is 0 Å². The summed E-state index contributed by atoms with van der Waals surface area (Å²) < 4.78 is 6.91. The van der Waals surface area contributed by atoms with Crippen molar-refractivity contribution in [2.45, 2.75) is 25.5 Å². The van der Waals surface area contributed by atoms with Crippen LogP contribution in [0.2, 0.25) is 0 Å². The zero-order valence-corrected chi connectivity index (χ0v) is 8.77. The fourth-order valence-electron chi connectivity index (χ4n) is 1.69. The van der Waals surface area contributed by atoms with Gasteiger partial charge in [0.05, 0.1) is 24.5 Å². The third-order valence-corrected chi connectivity index (χ3v) is 2.56. The Bertz CT molecular complexity index is 382. The molecule has 1 aliphatic rings. The second kappa shape index (κ2) is 4.44. The molecule has 1 aliphatic heterocycles. The van der Waals surface area contributed by atoms with E-state index in [9.17, 15) is 4.79 Å². The van der Waals surface area contributed by atoms with Crippen molar-refractivity contribution in [3.05, 3.63) is 22.6 Å². The quantitative estimate of drug-likeness (QED) is 0.786. The van der Waals surface area contributed by atoms with Crippen molar-refractivity contribution < 1.29 is 4.74 Å². The summed E-state index contributed by atoms with van der Waals surface area (Å²) in [5, 5.41) is 6.96. The number of nitrogens with zero attached hydrogens (tertiary/aromatic N) is 2. The topological polar surface area (TPSA) is 56.1 Å². The van der Waals surface area contributed by atoms with E-state index in [-0.39, 0.29) is 11.7 Å². The van der Waals surface area contributed by atoms with Crippen molar-refractivity contribution in [2.75, 3.05) is 19.0 Å². The fourth-order valence-corrected chi connectivity index (χ4v) is 1.69. The van der Waals surface area contributed by atoms with Gasteiger partial charge in [0, 0.05) is 19.7 Å². The summed E-state index contributed by atoms with van der Waals surface area (Å²) in [6.45, 7) is 1.36. The zero-order valence-electron chi connectivity index (χ0n) is 8.77. The third kappa shape index (κ3) is 2.36. The van der Waals surface area contributed by atoms with Crippen LogP contribution in [0.25, 0.3) is 0 Å². The Morgan fingerprint density at radius 2 is 2.60 bits per heavy atom. The molecule has 1 N–H and O–H groups in total. The first kappa shape index (κ1) is 10.2. The highest BCUT2D eigenvalue weighted by atomic mass is 16.5. The number of rotatable bonds is 3. The van der Waals surface area contributed by atoms with E-state index in [1.807, 2.05) is 0 Å². The molecule has 0 aromatic carbocycles. The average Bonchev–Trinajstić information content (AvgIpc) is 2.74. The first-order chi connectivity index (χ1) is 7.29. The number of ether oxygens (including phenoxy) is 1. The van der Waals surface area contributed by atoms with Crippen LogP contribution in [0, 0.1) is 0 Å². The van der Waals surface area contributed by atoms with Crippen LogP contribution in [0.4, 0.5) is 5.69 Å². The maximum absolute atomic E-state index is 11.6. The average molecular weight is 209 g/mol. The Hall–Kier alpha value is -1.36. The molecule has 5 nitrogen and oxygen atoms in total. The van der Waals surface area contributed by atoms with E-state index in [2.05, 4.69) is 10.4 Å². The second-order valence-electron chi connectivity index (χ2n) is 3.65. The van der Waals surface area contributed by atoms with Crippen LogP contribution in [-0.2, 0) is 11.3 Å². The Kier molecular flexibility index (Phi) is 3.01. The zero-order chi connectivity index (χ0) is 10.7. The molecule has 0 aliphatic carbocycles. The van der Waals surface area contributed by atoms with Gasteiger partial charge in [-0.25, -0.2) is 4.68 Å². The number of aromatic nitrogens is 2. The normalized spacial score (nSPS) is 20.5. The van der Waals surface area contributed by atoms with Crippen LogP contribution in [0.15, 0.2) is 17.1 Å². The summed E-state index contributed by atoms with van der Waals surface area (Å²) in [5.74, 6) is 0. The molecule has 1 saturated heterocycles. The molecule has 0 saturated carbocycles. The maximum atomic E-state index is 11.6. The minimum atomic E-state index is -0.0858. The Labute approximate surface area is 88.1 Å². The van der Waals surface area contributed by atoms with Gasteiger partial charge in [-0.1, -0.05) is 0 Å². The number of nitrogens with one attached hydrogen (secondary N) is 1. The standard InChI is InChI=1S/C10H15N3O2/c1-11-8-5-10(14)13(12-6-8)7-9-3-2-4-15-9/h5-6,9,11H,2-4,7H2,1H3. The number of hydrogen-bond acceptors (Lipinski definition) is 4. The summed E-state index contributed by atoms with van der Waals surface area (Å²) in [6, 6.07) is 1.54. The monoisotopic (exact) mass is 209 g/mol. The van der Waals surface area contributed by atoms with Gasteiger partial charge in [-0.3, -0.25) is 4.79 Å². The summed E-state index contributed by atoms with van der Waals surface area (Å²) in [5.41, 5.74) is 0.654. The SMILES string of the molecule is CNc1cnn(CC2CCCO2)c(=O)c1. The van der Waals surface area contributed by atoms with Crippen LogP contribution < -0.4 is 10.9 Å². The fraction of sp³-hybridized carbons (Fsp3) is 0.600. The number of anilines is 1. The highest BCUT2D eigenvalue weighted by Gasteiger charge is 2.16. The van der Waals surface area contributed by atoms with Gasteiger partial charge in [0.1, 0.15) is 0 Å². The molecule has 15 heavy (non-hydrogen) atoms. The van der Waals surface area contributed by atoms with Crippen molar-refractivity contribution in [1.82, 2.24) is 9.78 Å². The minimum Gasteiger partial charge on any atom is -0.387 e. The second-order valence-corrected chi connectivity index (χ2v) is 3.65. The lowest BCUT2D eigenvalue weighted by atomic mass is 10.2. The largest absolute Gasteiger partial charge is 0.387 e. The molecule has 1 aromatic rings. The molecule has 5 heteroatoms. The van der Waals surface area contributed by atoms with E-state index in [4.69, 9.17) is 4.74 Å². The summed E-state index contributed by atoms with van der Waals surface area (Å²) in [4.78, 5) is 11.6. The van der Waals surface area contributed by atoms with Crippen molar-refractivity contribution >= 4 is 5.69 Å². The predicted octanol–water partition coefficient (Wildman–Crippen LogP) is 0.464. The first-order valence-electron chi connectivity index (χ1n) is 5.16. The van der Waals surface area contributed by atoms with Crippen molar-refractivity contribution in [1.29, 1.82) is 0 Å². The Balaban J connectivity index is 2.11. The van der Waals surface area contributed by atoms with Gasteiger partial charge in [-0.2, -0.15) is 5.10 Å². The molecular weight excluding hydrogens is 194 g/mol. The molecule has 1 unspecified atom stereocenters. The molecule has 0 bridgehead atoms. The minimum absolute atomic E-state index is 0.0858. The van der Waals surface area contributed by atoms with Gasteiger partial charge in [0.2, 0.25) is 0 Å². The molecule has 1 aromatic heterocycles. The van der Waals surface area contributed by atoms with E-state index in [0.717, 1.165) is 25.1 Å². The highest BCUT2D eigenvalue weighted by molar-refractivity contribution is 5.37. The molecular formula is C10H15N3O2. The lowest BCUT2D eigenvalue weighted by Gasteiger charge is -2.10. The van der Waals surface area contributed by atoms with E-state index in [1.165, 1.54) is 4.68 Å². The predicted molar refractivity (Wildman–Crippen MR) is 57.0 cm³/mol. The molecule has 0 radical (unpaired) electrons. The van der Waals surface area contributed by atoms with E-state index in [1.54, 1.807) is 19.3 Å². The molecule has 0 amide bonds. The maximum Gasteiger partial charge on any atom is 0.268 e. The summed E-state index contributed by atoms with van der Waals surface area (Å²) >= 11 is 0. The molecule has 2 heterocycles. The van der Waals surface area contributed by atoms with E-state index >= 15 is 0 Å². The summed E-state index contributed by atoms with van der Waals surface area (Å²) in [6.07, 6.45) is 3.89. The van der Waals surface area contributed by atoms with Crippen LogP contribution in [0.1, 0.15) is 12.8 Å². The molecule has 0 spiro atoms. The van der Waals surface area contributed by atoms with Gasteiger partial charge in [-0.05, 0) is 12.8 Å². The first-order valence-corrected chi connectivity index (χ1v) is 5.16. The van der Waals surface area contributed by atoms with Crippen molar-refractivity contribution in [3.63, 3.8) is 0 Å². The van der Waals surface area contributed by atoms with Gasteiger partial charge < -0.3 is 10.1 Å². The third-order valence-electron chi connectivity index (χ3n) is 2.56. The van der Waals surface area contributed by atoms with Gasteiger partial charge in [0.25, 0.3) is 5.56 Å². The van der Waals surface area contributed by atoms with Crippen LogP contribution in [-0.4, -0.2) is 29.5 Å². The lowest BCUT2D eigenvalue weighted by molar-refractivity contribution is 0.0927. The Morgan fingerprint density at radius 3 is 3.20 bits per heavy atom. The highest BCUT2D eigenvalue weighted by Crippen LogP contribution is 2.12. The molecule has 1 fully saturated rings. The molecule has 2 rings (SSSR count). The lowest BCUT2D eigenvalue weighted by Crippen LogP contribution is -2.28. The van der Waals surface area contributed by atoms with E-state index < -0.39 is 0 Å². The Morgan fingerprint density at radius 1 is 1.73 bits per heavy atom.